The summed E-state index contributed by atoms with van der Waals surface area (Å²) in [5.41, 5.74) is 10.1. The molecule has 2 aromatic carbocycles. The van der Waals surface area contributed by atoms with Crippen molar-refractivity contribution in [1.82, 2.24) is 10.6 Å². The number of nitrogens with two attached hydrogens (primary N) is 1. The molecule has 162 valence electrons. The standard InChI is InChI=1S/C25H29N3O3/c1-31-23-8-3-2-6-20(23)13-14-27-25(30)21-11-9-19(10-12-21)22-7-4-5-18(15-22)17-28-24(29)16-26/h2,4-7,9-12,15H,3,8,13-14,16-17,26H2,1H3,(H,27,30)(H,28,29). The number of hydrogen-bond acceptors (Lipinski definition) is 4. The second-order valence-corrected chi connectivity index (χ2v) is 7.36. The number of nitrogens with one attached hydrogen (secondary N) is 2. The molecule has 1 aliphatic rings. The van der Waals surface area contributed by atoms with E-state index in [9.17, 15) is 9.59 Å². The highest BCUT2D eigenvalue weighted by atomic mass is 16.5. The Morgan fingerprint density at radius 1 is 1.06 bits per heavy atom. The van der Waals surface area contributed by atoms with Crippen molar-refractivity contribution in [2.75, 3.05) is 20.2 Å². The fourth-order valence-corrected chi connectivity index (χ4v) is 3.51. The van der Waals surface area contributed by atoms with Gasteiger partial charge in [-0.3, -0.25) is 9.59 Å². The van der Waals surface area contributed by atoms with Crippen molar-refractivity contribution < 1.29 is 14.3 Å². The van der Waals surface area contributed by atoms with Crippen LogP contribution in [-0.2, 0) is 16.1 Å². The van der Waals surface area contributed by atoms with E-state index in [1.165, 1.54) is 0 Å². The predicted octanol–water partition coefficient (Wildman–Crippen LogP) is 3.30. The van der Waals surface area contributed by atoms with E-state index in [-0.39, 0.29) is 18.4 Å². The third-order valence-electron chi connectivity index (χ3n) is 5.22. The Hall–Kier alpha value is -3.38. The molecule has 0 fully saturated rings. The van der Waals surface area contributed by atoms with Crippen LogP contribution in [0.4, 0.5) is 0 Å². The largest absolute Gasteiger partial charge is 0.501 e. The third kappa shape index (κ3) is 6.30. The van der Waals surface area contributed by atoms with Crippen LogP contribution in [0, 0.1) is 0 Å². The lowest BCUT2D eigenvalue weighted by Crippen LogP contribution is -2.29. The van der Waals surface area contributed by atoms with E-state index in [1.807, 2.05) is 48.5 Å². The van der Waals surface area contributed by atoms with E-state index in [1.54, 1.807) is 7.11 Å². The van der Waals surface area contributed by atoms with Crippen LogP contribution in [-0.4, -0.2) is 32.0 Å². The maximum absolute atomic E-state index is 12.5. The number of ether oxygens (including phenoxy) is 1. The summed E-state index contributed by atoms with van der Waals surface area (Å²) in [7, 11) is 1.69. The van der Waals surface area contributed by atoms with E-state index >= 15 is 0 Å². The van der Waals surface area contributed by atoms with Gasteiger partial charge in [-0.2, -0.15) is 0 Å². The van der Waals surface area contributed by atoms with E-state index < -0.39 is 0 Å². The molecule has 0 unspecified atom stereocenters. The molecule has 0 bridgehead atoms. The van der Waals surface area contributed by atoms with Crippen molar-refractivity contribution in [1.29, 1.82) is 0 Å². The molecule has 31 heavy (non-hydrogen) atoms. The van der Waals surface area contributed by atoms with Crippen LogP contribution in [0.1, 0.15) is 35.2 Å². The Labute approximate surface area is 183 Å². The molecule has 0 saturated carbocycles. The Morgan fingerprint density at radius 3 is 2.61 bits per heavy atom. The highest BCUT2D eigenvalue weighted by molar-refractivity contribution is 5.94. The number of carbonyl (C=O) groups is 2. The van der Waals surface area contributed by atoms with Crippen molar-refractivity contribution in [2.24, 2.45) is 5.73 Å². The molecule has 3 rings (SSSR count). The minimum atomic E-state index is -0.185. The Kier molecular flexibility index (Phi) is 8.01. The molecule has 0 heterocycles. The number of hydrogen-bond donors (Lipinski definition) is 3. The quantitative estimate of drug-likeness (QED) is 0.581. The molecule has 6 heteroatoms. The van der Waals surface area contributed by atoms with Crippen LogP contribution >= 0.6 is 0 Å². The second kappa shape index (κ2) is 11.1. The Morgan fingerprint density at radius 2 is 1.87 bits per heavy atom. The summed E-state index contributed by atoms with van der Waals surface area (Å²) in [4.78, 5) is 23.8. The molecule has 0 spiro atoms. The van der Waals surface area contributed by atoms with Gasteiger partial charge >= 0.3 is 0 Å². The van der Waals surface area contributed by atoms with Gasteiger partial charge < -0.3 is 21.1 Å². The van der Waals surface area contributed by atoms with E-state index in [0.717, 1.165) is 47.3 Å². The van der Waals surface area contributed by atoms with Gasteiger partial charge in [0, 0.05) is 25.1 Å². The Bertz CT molecular complexity index is 978. The zero-order valence-electron chi connectivity index (χ0n) is 17.8. The monoisotopic (exact) mass is 419 g/mol. The molecule has 2 amide bonds. The molecule has 6 nitrogen and oxygen atoms in total. The summed E-state index contributed by atoms with van der Waals surface area (Å²) in [6.07, 6.45) is 6.88. The van der Waals surface area contributed by atoms with Crippen LogP contribution in [0.3, 0.4) is 0 Å². The van der Waals surface area contributed by atoms with Crippen molar-refractivity contribution in [3.63, 3.8) is 0 Å². The molecule has 0 aliphatic heterocycles. The van der Waals surface area contributed by atoms with Gasteiger partial charge in [0.05, 0.1) is 19.4 Å². The summed E-state index contributed by atoms with van der Waals surface area (Å²) in [5, 5.41) is 5.75. The fraction of sp³-hybridized carbons (Fsp3) is 0.280. The molecule has 1 aliphatic carbocycles. The van der Waals surface area contributed by atoms with Crippen LogP contribution in [0.15, 0.2) is 72.0 Å². The van der Waals surface area contributed by atoms with Gasteiger partial charge in [-0.25, -0.2) is 0 Å². The van der Waals surface area contributed by atoms with E-state index in [0.29, 0.717) is 18.7 Å². The minimum Gasteiger partial charge on any atom is -0.501 e. The van der Waals surface area contributed by atoms with Gasteiger partial charge in [-0.05, 0) is 53.3 Å². The summed E-state index contributed by atoms with van der Waals surface area (Å²) in [6, 6.07) is 15.4. The average Bonchev–Trinajstić information content (AvgIpc) is 2.83. The first-order valence-electron chi connectivity index (χ1n) is 10.5. The lowest BCUT2D eigenvalue weighted by atomic mass is 10.0. The smallest absolute Gasteiger partial charge is 0.251 e. The molecular weight excluding hydrogens is 390 g/mol. The Balaban J connectivity index is 1.57. The summed E-state index contributed by atoms with van der Waals surface area (Å²) in [5.74, 6) is 0.727. The molecular formula is C25H29N3O3. The maximum atomic E-state index is 12.5. The highest BCUT2D eigenvalue weighted by Gasteiger charge is 2.10. The predicted molar refractivity (Wildman–Crippen MR) is 122 cm³/mol. The van der Waals surface area contributed by atoms with Gasteiger partial charge in [0.15, 0.2) is 0 Å². The van der Waals surface area contributed by atoms with Crippen molar-refractivity contribution in [3.8, 4) is 11.1 Å². The van der Waals surface area contributed by atoms with Crippen LogP contribution in [0.2, 0.25) is 0 Å². The molecule has 0 saturated heterocycles. The zero-order valence-corrected chi connectivity index (χ0v) is 17.8. The normalized spacial score (nSPS) is 13.1. The average molecular weight is 420 g/mol. The lowest BCUT2D eigenvalue weighted by molar-refractivity contribution is -0.119. The fourth-order valence-electron chi connectivity index (χ4n) is 3.51. The number of methoxy groups -OCH3 is 1. The van der Waals surface area contributed by atoms with E-state index in [2.05, 4.69) is 22.8 Å². The number of allylic oxidation sites excluding steroid dienone is 3. The molecule has 2 aromatic rings. The highest BCUT2D eigenvalue weighted by Crippen LogP contribution is 2.22. The number of rotatable bonds is 9. The van der Waals surface area contributed by atoms with Gasteiger partial charge in [0.2, 0.25) is 5.91 Å². The number of carbonyl (C=O) groups excluding carboxylic acids is 2. The van der Waals surface area contributed by atoms with E-state index in [4.69, 9.17) is 10.5 Å². The second-order valence-electron chi connectivity index (χ2n) is 7.36. The van der Waals surface area contributed by atoms with Crippen molar-refractivity contribution in [2.45, 2.75) is 25.8 Å². The van der Waals surface area contributed by atoms with Crippen LogP contribution < -0.4 is 16.4 Å². The topological polar surface area (TPSA) is 93.5 Å². The molecule has 4 N–H and O–H groups in total. The van der Waals surface area contributed by atoms with Crippen molar-refractivity contribution >= 4 is 11.8 Å². The number of benzene rings is 2. The molecule has 0 atom stereocenters. The van der Waals surface area contributed by atoms with Crippen LogP contribution in [0.5, 0.6) is 0 Å². The first-order chi connectivity index (χ1) is 15.1. The first-order valence-corrected chi connectivity index (χ1v) is 10.5. The minimum absolute atomic E-state index is 0.0228. The first kappa shape index (κ1) is 22.3. The van der Waals surface area contributed by atoms with Crippen LogP contribution in [0.25, 0.3) is 11.1 Å². The molecule has 0 radical (unpaired) electrons. The SMILES string of the molecule is COC1=C(CCNC(=O)c2ccc(-c3cccc(CNC(=O)CN)c3)cc2)C=CCC1. The van der Waals surface area contributed by atoms with Gasteiger partial charge in [-0.1, -0.05) is 42.5 Å². The summed E-state index contributed by atoms with van der Waals surface area (Å²) in [6.45, 7) is 0.968. The van der Waals surface area contributed by atoms with Gasteiger partial charge in [0.25, 0.3) is 5.91 Å². The van der Waals surface area contributed by atoms with Gasteiger partial charge in [0.1, 0.15) is 0 Å². The van der Waals surface area contributed by atoms with Crippen molar-refractivity contribution in [3.05, 3.63) is 83.1 Å². The molecule has 0 aromatic heterocycles. The summed E-state index contributed by atoms with van der Waals surface area (Å²) >= 11 is 0. The lowest BCUT2D eigenvalue weighted by Gasteiger charge is -2.15. The van der Waals surface area contributed by atoms with Gasteiger partial charge in [-0.15, -0.1) is 0 Å². The maximum Gasteiger partial charge on any atom is 0.251 e. The number of amides is 2. The zero-order chi connectivity index (χ0) is 22.1. The summed E-state index contributed by atoms with van der Waals surface area (Å²) < 4.78 is 5.43. The third-order valence-corrected chi connectivity index (χ3v) is 5.22.